The fourth-order valence-corrected chi connectivity index (χ4v) is 1.06. The molecule has 1 atom stereocenters. The SMILES string of the molecule is CC1(C)OC(=O)C(CC(O)O)O1. The van der Waals surface area contributed by atoms with E-state index in [4.69, 9.17) is 19.7 Å². The third-order valence-electron chi connectivity index (χ3n) is 1.46. The van der Waals surface area contributed by atoms with Gasteiger partial charge in [-0.2, -0.15) is 0 Å². The van der Waals surface area contributed by atoms with Crippen molar-refractivity contribution in [3.05, 3.63) is 0 Å². The Kier molecular flexibility index (Phi) is 2.36. The standard InChI is InChI=1S/C7H12O5/c1-7(2)11-4(3-5(8)9)6(10)12-7/h4-5,8-9H,3H2,1-2H3. The number of ether oxygens (including phenoxy) is 2. The van der Waals surface area contributed by atoms with Crippen LogP contribution in [0.5, 0.6) is 0 Å². The van der Waals surface area contributed by atoms with E-state index in [1.807, 2.05) is 0 Å². The van der Waals surface area contributed by atoms with Gasteiger partial charge in [-0.15, -0.1) is 0 Å². The van der Waals surface area contributed by atoms with Crippen molar-refractivity contribution in [1.29, 1.82) is 0 Å². The summed E-state index contributed by atoms with van der Waals surface area (Å²) in [4.78, 5) is 11.0. The van der Waals surface area contributed by atoms with Crippen molar-refractivity contribution in [1.82, 2.24) is 0 Å². The molecule has 0 aliphatic carbocycles. The third kappa shape index (κ3) is 2.17. The van der Waals surface area contributed by atoms with E-state index in [9.17, 15) is 4.79 Å². The van der Waals surface area contributed by atoms with Gasteiger partial charge in [-0.25, -0.2) is 4.79 Å². The number of carbonyl (C=O) groups excluding carboxylic acids is 1. The molecular weight excluding hydrogens is 164 g/mol. The van der Waals surface area contributed by atoms with E-state index >= 15 is 0 Å². The minimum atomic E-state index is -1.54. The van der Waals surface area contributed by atoms with E-state index in [2.05, 4.69) is 0 Å². The van der Waals surface area contributed by atoms with Crippen LogP contribution in [0, 0.1) is 0 Å². The molecule has 1 fully saturated rings. The summed E-state index contributed by atoms with van der Waals surface area (Å²) in [5.74, 6) is -1.50. The van der Waals surface area contributed by atoms with Crippen LogP contribution in [-0.4, -0.2) is 34.4 Å². The molecule has 0 spiro atoms. The molecule has 70 valence electrons. The van der Waals surface area contributed by atoms with E-state index in [-0.39, 0.29) is 6.42 Å². The number of aliphatic hydroxyl groups excluding tert-OH is 1. The molecule has 0 saturated carbocycles. The molecule has 1 heterocycles. The van der Waals surface area contributed by atoms with Crippen LogP contribution in [-0.2, 0) is 14.3 Å². The van der Waals surface area contributed by atoms with Crippen molar-refractivity contribution in [2.45, 2.75) is 38.4 Å². The topological polar surface area (TPSA) is 76.0 Å². The maximum atomic E-state index is 11.0. The first kappa shape index (κ1) is 9.44. The lowest BCUT2D eigenvalue weighted by atomic mass is 10.2. The van der Waals surface area contributed by atoms with Gasteiger partial charge in [-0.3, -0.25) is 0 Å². The average Bonchev–Trinajstić information content (AvgIpc) is 2.03. The van der Waals surface area contributed by atoms with E-state index in [1.165, 1.54) is 0 Å². The Labute approximate surface area is 69.9 Å². The molecule has 1 aliphatic heterocycles. The molecule has 1 aliphatic rings. The molecule has 0 aromatic rings. The molecule has 5 heteroatoms. The fraction of sp³-hybridized carbons (Fsp3) is 0.857. The summed E-state index contributed by atoms with van der Waals surface area (Å²) < 4.78 is 9.86. The van der Waals surface area contributed by atoms with Crippen molar-refractivity contribution in [3.63, 3.8) is 0 Å². The van der Waals surface area contributed by atoms with E-state index in [1.54, 1.807) is 13.8 Å². The van der Waals surface area contributed by atoms with Gasteiger partial charge >= 0.3 is 5.97 Å². The zero-order chi connectivity index (χ0) is 9.35. The molecule has 0 aromatic heterocycles. The summed E-state index contributed by atoms with van der Waals surface area (Å²) >= 11 is 0. The minimum absolute atomic E-state index is 0.151. The van der Waals surface area contributed by atoms with Gasteiger partial charge in [0.05, 0.1) is 0 Å². The van der Waals surface area contributed by atoms with Crippen LogP contribution in [0.3, 0.4) is 0 Å². The first-order chi connectivity index (χ1) is 5.41. The lowest BCUT2D eigenvalue weighted by Gasteiger charge is -2.15. The van der Waals surface area contributed by atoms with E-state index < -0.39 is 24.2 Å². The van der Waals surface area contributed by atoms with Crippen molar-refractivity contribution in [2.75, 3.05) is 0 Å². The van der Waals surface area contributed by atoms with Crippen LogP contribution < -0.4 is 0 Å². The van der Waals surface area contributed by atoms with Gasteiger partial charge in [0, 0.05) is 20.3 Å². The average molecular weight is 176 g/mol. The molecule has 0 amide bonds. The first-order valence-corrected chi connectivity index (χ1v) is 3.67. The zero-order valence-electron chi connectivity index (χ0n) is 6.98. The summed E-state index contributed by atoms with van der Waals surface area (Å²) in [6.07, 6.45) is -2.56. The van der Waals surface area contributed by atoms with E-state index in [0.717, 1.165) is 0 Å². The summed E-state index contributed by atoms with van der Waals surface area (Å²) in [6, 6.07) is 0. The number of carbonyl (C=O) groups is 1. The van der Waals surface area contributed by atoms with Gasteiger partial charge in [0.1, 0.15) is 0 Å². The highest BCUT2D eigenvalue weighted by Gasteiger charge is 2.41. The Bertz CT molecular complexity index is 186. The first-order valence-electron chi connectivity index (χ1n) is 3.67. The maximum absolute atomic E-state index is 11.0. The molecule has 0 aromatic carbocycles. The van der Waals surface area contributed by atoms with Crippen LogP contribution >= 0.6 is 0 Å². The molecule has 12 heavy (non-hydrogen) atoms. The number of aliphatic hydroxyl groups is 2. The third-order valence-corrected chi connectivity index (χ3v) is 1.46. The fourth-order valence-electron chi connectivity index (χ4n) is 1.06. The Morgan fingerprint density at radius 3 is 2.50 bits per heavy atom. The van der Waals surface area contributed by atoms with Crippen LogP contribution in [0.2, 0.25) is 0 Å². The molecule has 1 unspecified atom stereocenters. The Balaban J connectivity index is 2.53. The Morgan fingerprint density at radius 1 is 1.58 bits per heavy atom. The summed E-state index contributed by atoms with van der Waals surface area (Å²) in [5.41, 5.74) is 0. The second-order valence-electron chi connectivity index (χ2n) is 3.14. The normalized spacial score (nSPS) is 27.8. The lowest BCUT2D eigenvalue weighted by molar-refractivity contribution is -0.162. The van der Waals surface area contributed by atoms with Crippen LogP contribution in [0.15, 0.2) is 0 Å². The summed E-state index contributed by atoms with van der Waals surface area (Å²) in [7, 11) is 0. The largest absolute Gasteiger partial charge is 0.432 e. The lowest BCUT2D eigenvalue weighted by Crippen LogP contribution is -2.24. The maximum Gasteiger partial charge on any atom is 0.338 e. The highest BCUT2D eigenvalue weighted by atomic mass is 16.8. The number of hydrogen-bond donors (Lipinski definition) is 2. The monoisotopic (exact) mass is 176 g/mol. The van der Waals surface area contributed by atoms with Gasteiger partial charge in [-0.05, 0) is 0 Å². The summed E-state index contributed by atoms with van der Waals surface area (Å²) in [5, 5.41) is 17.1. The van der Waals surface area contributed by atoms with Gasteiger partial charge in [-0.1, -0.05) is 0 Å². The highest BCUT2D eigenvalue weighted by Crippen LogP contribution is 2.25. The molecule has 1 rings (SSSR count). The van der Waals surface area contributed by atoms with Crippen LogP contribution in [0.1, 0.15) is 20.3 Å². The van der Waals surface area contributed by atoms with Gasteiger partial charge in [0.15, 0.2) is 12.4 Å². The van der Waals surface area contributed by atoms with E-state index in [0.29, 0.717) is 0 Å². The van der Waals surface area contributed by atoms with Gasteiger partial charge in [0.25, 0.3) is 0 Å². The number of cyclic esters (lactones) is 1. The van der Waals surface area contributed by atoms with Crippen LogP contribution in [0.4, 0.5) is 0 Å². The number of hydrogen-bond acceptors (Lipinski definition) is 5. The minimum Gasteiger partial charge on any atom is -0.432 e. The van der Waals surface area contributed by atoms with Crippen molar-refractivity contribution in [2.24, 2.45) is 0 Å². The molecular formula is C7H12O5. The second kappa shape index (κ2) is 3.01. The van der Waals surface area contributed by atoms with Gasteiger partial charge in [0.2, 0.25) is 5.79 Å². The Morgan fingerprint density at radius 2 is 2.17 bits per heavy atom. The summed E-state index contributed by atoms with van der Waals surface area (Å²) in [6.45, 7) is 3.18. The zero-order valence-corrected chi connectivity index (χ0v) is 6.98. The second-order valence-corrected chi connectivity index (χ2v) is 3.14. The molecule has 1 saturated heterocycles. The Hall–Kier alpha value is -0.650. The number of esters is 1. The number of rotatable bonds is 2. The van der Waals surface area contributed by atoms with Crippen molar-refractivity contribution < 1.29 is 24.5 Å². The van der Waals surface area contributed by atoms with Gasteiger partial charge < -0.3 is 19.7 Å². The highest BCUT2D eigenvalue weighted by molar-refractivity contribution is 5.76. The predicted octanol–water partition coefficient (Wildman–Crippen LogP) is -0.635. The quantitative estimate of drug-likeness (QED) is 0.432. The van der Waals surface area contributed by atoms with Crippen molar-refractivity contribution in [3.8, 4) is 0 Å². The van der Waals surface area contributed by atoms with Crippen LogP contribution in [0.25, 0.3) is 0 Å². The molecule has 2 N–H and O–H groups in total. The molecule has 0 bridgehead atoms. The van der Waals surface area contributed by atoms with Crippen molar-refractivity contribution >= 4 is 5.97 Å². The molecule has 0 radical (unpaired) electrons. The molecule has 5 nitrogen and oxygen atoms in total. The smallest absolute Gasteiger partial charge is 0.338 e. The predicted molar refractivity (Wildman–Crippen MR) is 37.9 cm³/mol.